The molecule has 7 nitrogen and oxygen atoms in total. The molecule has 2 aromatic carbocycles. The molecule has 2 amide bonds. The number of aromatic nitrogens is 1. The van der Waals surface area contributed by atoms with Crippen LogP contribution in [0.2, 0.25) is 0 Å². The third-order valence-corrected chi connectivity index (χ3v) is 5.04. The zero-order valence-electron chi connectivity index (χ0n) is 18.3. The number of benzene rings is 2. The number of anilines is 2. The maximum Gasteiger partial charge on any atom is 0.298 e. The van der Waals surface area contributed by atoms with Crippen LogP contribution >= 0.6 is 0 Å². The van der Waals surface area contributed by atoms with Crippen molar-refractivity contribution >= 4 is 34.5 Å². The van der Waals surface area contributed by atoms with Crippen LogP contribution in [0.15, 0.2) is 79.0 Å². The number of hydrogen-bond acceptors (Lipinski definition) is 4. The lowest BCUT2D eigenvalue weighted by Gasteiger charge is -2.09. The molecule has 4 aromatic rings. The van der Waals surface area contributed by atoms with E-state index in [-0.39, 0.29) is 11.6 Å². The fourth-order valence-corrected chi connectivity index (χ4v) is 3.61. The molecule has 0 atom stereocenters. The number of nitrogens with one attached hydrogen (secondary N) is 2. The van der Waals surface area contributed by atoms with Gasteiger partial charge in [0.1, 0.15) is 11.4 Å². The van der Waals surface area contributed by atoms with E-state index in [0.29, 0.717) is 23.5 Å². The van der Waals surface area contributed by atoms with Crippen LogP contribution in [0.5, 0.6) is 5.75 Å². The second-order valence-electron chi connectivity index (χ2n) is 7.40. The number of nitrogens with zero attached hydrogens (tertiary/aromatic N) is 1. The second kappa shape index (κ2) is 9.40. The number of amides is 2. The topological polar surface area (TPSA) is 88.9 Å². The van der Waals surface area contributed by atoms with Crippen molar-refractivity contribution in [3.8, 4) is 16.9 Å². The summed E-state index contributed by atoms with van der Waals surface area (Å²) < 4.78 is 7.22. The monoisotopic (exact) mass is 441 g/mol. The van der Waals surface area contributed by atoms with Gasteiger partial charge in [-0.25, -0.2) is 0 Å². The second-order valence-corrected chi connectivity index (χ2v) is 7.40. The number of fused-ring (bicyclic) bond motifs is 1. The Balaban J connectivity index is 1.65. The van der Waals surface area contributed by atoms with E-state index in [2.05, 4.69) is 10.6 Å². The van der Waals surface area contributed by atoms with Gasteiger partial charge in [-0.05, 0) is 67.1 Å². The van der Waals surface area contributed by atoms with Gasteiger partial charge in [0.2, 0.25) is 5.91 Å². The first-order chi connectivity index (χ1) is 16.0. The molecule has 2 heterocycles. The molecule has 7 heteroatoms. The molecular weight excluding hydrogens is 418 g/mol. The highest BCUT2D eigenvalue weighted by Crippen LogP contribution is 2.30. The fraction of sp³-hybridized carbons (Fsp3) is 0.115. The number of carbonyl (C=O) groups excluding carboxylic acids is 3. The van der Waals surface area contributed by atoms with Crippen LogP contribution in [0.4, 0.5) is 11.4 Å². The van der Waals surface area contributed by atoms with Crippen molar-refractivity contribution < 1.29 is 19.1 Å². The Labute approximate surface area is 191 Å². The Morgan fingerprint density at radius 2 is 1.55 bits per heavy atom. The predicted molar refractivity (Wildman–Crippen MR) is 128 cm³/mol. The minimum Gasteiger partial charge on any atom is -0.494 e. The molecule has 2 aromatic heterocycles. The summed E-state index contributed by atoms with van der Waals surface area (Å²) in [5, 5.41) is 5.30. The zero-order chi connectivity index (χ0) is 23.4. The van der Waals surface area contributed by atoms with Gasteiger partial charge < -0.3 is 19.8 Å². The molecule has 0 spiro atoms. The minimum absolute atomic E-state index is 0.191. The molecule has 0 fully saturated rings. The molecule has 0 saturated carbocycles. The summed E-state index contributed by atoms with van der Waals surface area (Å²) in [7, 11) is 0. The van der Waals surface area contributed by atoms with Crippen LogP contribution in [0, 0.1) is 0 Å². The maximum absolute atomic E-state index is 13.3. The summed E-state index contributed by atoms with van der Waals surface area (Å²) in [6.07, 6.45) is 1.76. The van der Waals surface area contributed by atoms with Crippen molar-refractivity contribution in [2.45, 2.75) is 13.8 Å². The summed E-state index contributed by atoms with van der Waals surface area (Å²) >= 11 is 0. The Morgan fingerprint density at radius 1 is 0.879 bits per heavy atom. The SMILES string of the molecule is CCOc1ccc(-c2cc3ccccn3c2C(=O)C(=O)Nc2ccc(NC(C)=O)cc2)cc1. The van der Waals surface area contributed by atoms with Gasteiger partial charge in [-0.15, -0.1) is 0 Å². The lowest BCUT2D eigenvalue weighted by molar-refractivity contribution is -0.114. The fourth-order valence-electron chi connectivity index (χ4n) is 3.61. The quantitative estimate of drug-likeness (QED) is 0.319. The Kier molecular flexibility index (Phi) is 6.22. The molecule has 0 aliphatic heterocycles. The first-order valence-corrected chi connectivity index (χ1v) is 10.5. The number of hydrogen-bond donors (Lipinski definition) is 2. The number of Topliss-reactive ketones (excluding diaryl/α,β-unsaturated/α-hetero) is 1. The first kappa shape index (κ1) is 21.8. The highest BCUT2D eigenvalue weighted by Gasteiger charge is 2.25. The lowest BCUT2D eigenvalue weighted by Crippen LogP contribution is -2.24. The van der Waals surface area contributed by atoms with Crippen LogP contribution < -0.4 is 15.4 Å². The van der Waals surface area contributed by atoms with Gasteiger partial charge in [0, 0.05) is 35.6 Å². The molecule has 0 aliphatic rings. The van der Waals surface area contributed by atoms with Crippen molar-refractivity contribution in [1.82, 2.24) is 4.40 Å². The number of carbonyl (C=O) groups is 3. The third kappa shape index (κ3) is 4.77. The van der Waals surface area contributed by atoms with Crippen LogP contribution in [0.25, 0.3) is 16.6 Å². The molecule has 0 saturated heterocycles. The van der Waals surface area contributed by atoms with Crippen LogP contribution in [0.3, 0.4) is 0 Å². The van der Waals surface area contributed by atoms with Crippen molar-refractivity contribution in [2.75, 3.05) is 17.2 Å². The molecule has 166 valence electrons. The van der Waals surface area contributed by atoms with Gasteiger partial charge in [0.15, 0.2) is 0 Å². The van der Waals surface area contributed by atoms with E-state index in [1.54, 1.807) is 34.9 Å². The highest BCUT2D eigenvalue weighted by molar-refractivity contribution is 6.47. The molecule has 0 radical (unpaired) electrons. The lowest BCUT2D eigenvalue weighted by atomic mass is 10.0. The van der Waals surface area contributed by atoms with E-state index in [1.807, 2.05) is 55.5 Å². The normalized spacial score (nSPS) is 10.6. The molecule has 0 unspecified atom stereocenters. The highest BCUT2D eigenvalue weighted by atomic mass is 16.5. The zero-order valence-corrected chi connectivity index (χ0v) is 18.3. The number of ketones is 1. The van der Waals surface area contributed by atoms with Crippen molar-refractivity contribution in [1.29, 1.82) is 0 Å². The van der Waals surface area contributed by atoms with Gasteiger partial charge in [0.05, 0.1) is 6.61 Å². The van der Waals surface area contributed by atoms with E-state index in [4.69, 9.17) is 4.74 Å². The Hall–Kier alpha value is -4.39. The molecule has 4 rings (SSSR count). The average molecular weight is 441 g/mol. The van der Waals surface area contributed by atoms with Crippen LogP contribution in [-0.4, -0.2) is 28.6 Å². The maximum atomic E-state index is 13.3. The van der Waals surface area contributed by atoms with Crippen molar-refractivity contribution in [3.63, 3.8) is 0 Å². The molecule has 0 aliphatic carbocycles. The summed E-state index contributed by atoms with van der Waals surface area (Å²) in [6.45, 7) is 3.89. The Bertz CT molecular complexity index is 1320. The summed E-state index contributed by atoms with van der Waals surface area (Å²) in [5.74, 6) is -0.864. The molecular formula is C26H23N3O4. The Morgan fingerprint density at radius 3 is 2.18 bits per heavy atom. The first-order valence-electron chi connectivity index (χ1n) is 10.5. The van der Waals surface area contributed by atoms with Gasteiger partial charge in [-0.1, -0.05) is 18.2 Å². The van der Waals surface area contributed by atoms with E-state index in [0.717, 1.165) is 16.8 Å². The standard InChI is InChI=1S/C26H23N3O4/c1-3-33-22-13-7-18(8-14-22)23-16-21-6-4-5-15-29(21)24(23)25(31)26(32)28-20-11-9-19(10-12-20)27-17(2)30/h4-16H,3H2,1-2H3,(H,27,30)(H,28,32). The summed E-state index contributed by atoms with van der Waals surface area (Å²) in [4.78, 5) is 37.3. The molecule has 2 N–H and O–H groups in total. The number of rotatable bonds is 7. The summed E-state index contributed by atoms with van der Waals surface area (Å²) in [6, 6.07) is 21.4. The van der Waals surface area contributed by atoms with Gasteiger partial charge >= 0.3 is 0 Å². The van der Waals surface area contributed by atoms with E-state index in [1.165, 1.54) is 6.92 Å². The van der Waals surface area contributed by atoms with E-state index >= 15 is 0 Å². The smallest absolute Gasteiger partial charge is 0.298 e. The van der Waals surface area contributed by atoms with Crippen molar-refractivity contribution in [2.24, 2.45) is 0 Å². The third-order valence-electron chi connectivity index (χ3n) is 5.04. The van der Waals surface area contributed by atoms with E-state index in [9.17, 15) is 14.4 Å². The van der Waals surface area contributed by atoms with Crippen LogP contribution in [0.1, 0.15) is 24.3 Å². The summed E-state index contributed by atoms with van der Waals surface area (Å²) in [5.41, 5.74) is 3.59. The van der Waals surface area contributed by atoms with Crippen LogP contribution in [-0.2, 0) is 9.59 Å². The number of ether oxygens (including phenoxy) is 1. The van der Waals surface area contributed by atoms with E-state index < -0.39 is 11.7 Å². The number of pyridine rings is 1. The average Bonchev–Trinajstić information content (AvgIpc) is 3.20. The minimum atomic E-state index is -0.752. The molecule has 33 heavy (non-hydrogen) atoms. The largest absolute Gasteiger partial charge is 0.494 e. The predicted octanol–water partition coefficient (Wildman–Crippen LogP) is 4.78. The molecule has 0 bridgehead atoms. The van der Waals surface area contributed by atoms with Gasteiger partial charge in [0.25, 0.3) is 11.7 Å². The van der Waals surface area contributed by atoms with Gasteiger partial charge in [-0.2, -0.15) is 0 Å². The van der Waals surface area contributed by atoms with Gasteiger partial charge in [-0.3, -0.25) is 14.4 Å². The van der Waals surface area contributed by atoms with Crippen molar-refractivity contribution in [3.05, 3.63) is 84.7 Å².